The molecule has 0 fully saturated rings. The van der Waals surface area contributed by atoms with Crippen LogP contribution in [0, 0.1) is 12.3 Å². The monoisotopic (exact) mass is 253 g/mol. The summed E-state index contributed by atoms with van der Waals surface area (Å²) in [6.07, 6.45) is 0. The lowest BCUT2D eigenvalue weighted by Gasteiger charge is -2.30. The average Bonchev–Trinajstić information content (AvgIpc) is 2.31. The number of aliphatic hydroxyl groups is 1. The minimum Gasteiger partial charge on any atom is -0.507 e. The maximum absolute atomic E-state index is 11.0. The highest BCUT2D eigenvalue weighted by Gasteiger charge is 2.30. The van der Waals surface area contributed by atoms with Crippen LogP contribution in [-0.4, -0.2) is 27.9 Å². The van der Waals surface area contributed by atoms with Crippen molar-refractivity contribution in [2.45, 2.75) is 26.8 Å². The fourth-order valence-electron chi connectivity index (χ4n) is 1.69. The van der Waals surface area contributed by atoms with Gasteiger partial charge >= 0.3 is 5.97 Å². The molecule has 0 saturated heterocycles. The van der Waals surface area contributed by atoms with Crippen molar-refractivity contribution in [3.8, 4) is 5.75 Å². The standard InChI is InChI=1S/C13H19NO4/c1-7-4-8(12(17)18)5-9(10(7)16)11(14)13(2,3)6-15/h4-5,11,15-16H,6,14H2,1-3H3,(H,17,18)/t11-/m1/s1. The van der Waals surface area contributed by atoms with Gasteiger partial charge in [0.25, 0.3) is 0 Å². The lowest BCUT2D eigenvalue weighted by atomic mass is 9.80. The smallest absolute Gasteiger partial charge is 0.335 e. The number of carbonyl (C=O) groups is 1. The first-order valence-electron chi connectivity index (χ1n) is 5.64. The number of rotatable bonds is 4. The van der Waals surface area contributed by atoms with E-state index in [9.17, 15) is 15.0 Å². The molecule has 100 valence electrons. The number of aryl methyl sites for hydroxylation is 1. The Labute approximate surface area is 106 Å². The third kappa shape index (κ3) is 2.63. The number of phenolic OH excluding ortho intramolecular Hbond substituents is 1. The molecule has 0 radical (unpaired) electrons. The minimum absolute atomic E-state index is 0.0194. The van der Waals surface area contributed by atoms with Crippen LogP contribution >= 0.6 is 0 Å². The molecule has 0 unspecified atom stereocenters. The van der Waals surface area contributed by atoms with Crippen molar-refractivity contribution in [2.24, 2.45) is 11.1 Å². The maximum atomic E-state index is 11.0. The van der Waals surface area contributed by atoms with Crippen LogP contribution in [0.3, 0.4) is 0 Å². The molecular formula is C13H19NO4. The van der Waals surface area contributed by atoms with E-state index in [4.69, 9.17) is 10.8 Å². The van der Waals surface area contributed by atoms with Gasteiger partial charge < -0.3 is 21.1 Å². The van der Waals surface area contributed by atoms with Crippen molar-refractivity contribution < 1.29 is 20.1 Å². The van der Waals surface area contributed by atoms with Crippen molar-refractivity contribution in [1.29, 1.82) is 0 Å². The molecule has 5 N–H and O–H groups in total. The van der Waals surface area contributed by atoms with Crippen molar-refractivity contribution >= 4 is 5.97 Å². The molecule has 0 aliphatic heterocycles. The Balaban J connectivity index is 3.35. The third-order valence-corrected chi connectivity index (χ3v) is 3.16. The minimum atomic E-state index is -1.08. The SMILES string of the molecule is Cc1cc(C(=O)O)cc([C@@H](N)C(C)(C)CO)c1O. The van der Waals surface area contributed by atoms with Gasteiger partial charge in [0.15, 0.2) is 0 Å². The number of nitrogens with two attached hydrogens (primary N) is 1. The summed E-state index contributed by atoms with van der Waals surface area (Å²) in [4.78, 5) is 11.0. The third-order valence-electron chi connectivity index (χ3n) is 3.16. The summed E-state index contributed by atoms with van der Waals surface area (Å²) in [7, 11) is 0. The second kappa shape index (κ2) is 4.96. The second-order valence-corrected chi connectivity index (χ2v) is 5.16. The Morgan fingerprint density at radius 3 is 2.44 bits per heavy atom. The Bertz CT molecular complexity index is 468. The summed E-state index contributed by atoms with van der Waals surface area (Å²) in [6.45, 7) is 4.95. The summed E-state index contributed by atoms with van der Waals surface area (Å²) in [5, 5.41) is 28.3. The van der Waals surface area contributed by atoms with Crippen LogP contribution < -0.4 is 5.73 Å². The van der Waals surface area contributed by atoms with E-state index in [1.165, 1.54) is 12.1 Å². The second-order valence-electron chi connectivity index (χ2n) is 5.16. The number of hydrogen-bond donors (Lipinski definition) is 4. The Kier molecular flexibility index (Phi) is 3.98. The zero-order valence-corrected chi connectivity index (χ0v) is 10.8. The zero-order chi connectivity index (χ0) is 14.1. The number of aromatic carboxylic acids is 1. The first-order valence-corrected chi connectivity index (χ1v) is 5.64. The topological polar surface area (TPSA) is 104 Å². The van der Waals surface area contributed by atoms with E-state index in [0.717, 1.165) is 0 Å². The Morgan fingerprint density at radius 2 is 2.00 bits per heavy atom. The number of phenols is 1. The number of hydrogen-bond acceptors (Lipinski definition) is 4. The van der Waals surface area contributed by atoms with Gasteiger partial charge in [-0.3, -0.25) is 0 Å². The van der Waals surface area contributed by atoms with Gasteiger partial charge in [0.2, 0.25) is 0 Å². The van der Waals surface area contributed by atoms with Gasteiger partial charge in [-0.2, -0.15) is 0 Å². The van der Waals surface area contributed by atoms with E-state index in [-0.39, 0.29) is 17.9 Å². The predicted molar refractivity (Wildman–Crippen MR) is 67.6 cm³/mol. The van der Waals surface area contributed by atoms with Crippen LogP contribution in [0.4, 0.5) is 0 Å². The van der Waals surface area contributed by atoms with Gasteiger partial charge in [-0.25, -0.2) is 4.79 Å². The molecule has 18 heavy (non-hydrogen) atoms. The normalized spacial score (nSPS) is 13.4. The van der Waals surface area contributed by atoms with Gasteiger partial charge in [-0.05, 0) is 24.6 Å². The molecule has 1 rings (SSSR count). The largest absolute Gasteiger partial charge is 0.507 e. The summed E-state index contributed by atoms with van der Waals surface area (Å²) in [5.41, 5.74) is 6.22. The van der Waals surface area contributed by atoms with Crippen molar-refractivity contribution in [3.05, 3.63) is 28.8 Å². The molecular weight excluding hydrogens is 234 g/mol. The first kappa shape index (κ1) is 14.5. The molecule has 5 heteroatoms. The van der Waals surface area contributed by atoms with Gasteiger partial charge in [0.05, 0.1) is 5.56 Å². The van der Waals surface area contributed by atoms with Crippen LogP contribution in [0.25, 0.3) is 0 Å². The van der Waals surface area contributed by atoms with E-state index in [1.54, 1.807) is 20.8 Å². The lowest BCUT2D eigenvalue weighted by Crippen LogP contribution is -2.32. The summed E-state index contributed by atoms with van der Waals surface area (Å²) >= 11 is 0. The number of aromatic hydroxyl groups is 1. The Hall–Kier alpha value is -1.59. The predicted octanol–water partition coefficient (Wildman–Crippen LogP) is 1.42. The molecule has 0 aromatic heterocycles. The highest BCUT2D eigenvalue weighted by atomic mass is 16.4. The number of carboxylic acid groups (broad SMARTS) is 1. The lowest BCUT2D eigenvalue weighted by molar-refractivity contribution is 0.0696. The molecule has 0 aliphatic rings. The van der Waals surface area contributed by atoms with E-state index < -0.39 is 17.4 Å². The molecule has 1 aromatic carbocycles. The van der Waals surface area contributed by atoms with Crippen molar-refractivity contribution in [1.82, 2.24) is 0 Å². The average molecular weight is 253 g/mol. The van der Waals surface area contributed by atoms with Crippen molar-refractivity contribution in [3.63, 3.8) is 0 Å². The number of benzene rings is 1. The number of carboxylic acids is 1. The molecule has 1 aromatic rings. The number of aliphatic hydroxyl groups excluding tert-OH is 1. The van der Waals surface area contributed by atoms with Crippen LogP contribution in [-0.2, 0) is 0 Å². The first-order chi connectivity index (χ1) is 8.20. The van der Waals surface area contributed by atoms with Gasteiger partial charge in [0, 0.05) is 23.6 Å². The van der Waals surface area contributed by atoms with E-state index in [1.807, 2.05) is 0 Å². The van der Waals surface area contributed by atoms with Crippen LogP contribution in [0.5, 0.6) is 5.75 Å². The molecule has 0 saturated carbocycles. The molecule has 0 spiro atoms. The summed E-state index contributed by atoms with van der Waals surface area (Å²) in [6, 6.07) is 2.09. The van der Waals surface area contributed by atoms with E-state index in [2.05, 4.69) is 0 Å². The Morgan fingerprint density at radius 1 is 1.44 bits per heavy atom. The van der Waals surface area contributed by atoms with Crippen LogP contribution in [0.1, 0.15) is 41.4 Å². The van der Waals surface area contributed by atoms with Crippen molar-refractivity contribution in [2.75, 3.05) is 6.61 Å². The van der Waals surface area contributed by atoms with Crippen LogP contribution in [0.2, 0.25) is 0 Å². The quantitative estimate of drug-likeness (QED) is 0.649. The van der Waals surface area contributed by atoms with Crippen LogP contribution in [0.15, 0.2) is 12.1 Å². The summed E-state index contributed by atoms with van der Waals surface area (Å²) < 4.78 is 0. The maximum Gasteiger partial charge on any atom is 0.335 e. The zero-order valence-electron chi connectivity index (χ0n) is 10.8. The van der Waals surface area contributed by atoms with Gasteiger partial charge in [-0.15, -0.1) is 0 Å². The highest BCUT2D eigenvalue weighted by molar-refractivity contribution is 5.88. The molecule has 0 heterocycles. The van der Waals surface area contributed by atoms with E-state index >= 15 is 0 Å². The molecule has 1 atom stereocenters. The molecule has 0 aliphatic carbocycles. The van der Waals surface area contributed by atoms with E-state index in [0.29, 0.717) is 11.1 Å². The van der Waals surface area contributed by atoms with Gasteiger partial charge in [-0.1, -0.05) is 13.8 Å². The fraction of sp³-hybridized carbons (Fsp3) is 0.462. The van der Waals surface area contributed by atoms with Gasteiger partial charge in [0.1, 0.15) is 5.75 Å². The molecule has 0 bridgehead atoms. The molecule has 5 nitrogen and oxygen atoms in total. The fourth-order valence-corrected chi connectivity index (χ4v) is 1.69. The highest BCUT2D eigenvalue weighted by Crippen LogP contribution is 2.37. The molecule has 0 amide bonds. The summed E-state index contributed by atoms with van der Waals surface area (Å²) in [5.74, 6) is -1.10.